The average Bonchev–Trinajstić information content (AvgIpc) is 3.34. The lowest BCUT2D eigenvalue weighted by Gasteiger charge is -2.08. The number of anilines is 2. The highest BCUT2D eigenvalue weighted by Gasteiger charge is 2.12. The molecule has 25 heavy (non-hydrogen) atoms. The zero-order valence-corrected chi connectivity index (χ0v) is 13.5. The molecule has 2 heterocycles. The molecule has 0 aliphatic heterocycles. The number of aromatic nitrogens is 2. The molecule has 0 saturated heterocycles. The Labute approximate surface area is 144 Å². The Morgan fingerprint density at radius 1 is 1.04 bits per heavy atom. The summed E-state index contributed by atoms with van der Waals surface area (Å²) >= 11 is 0. The molecule has 124 valence electrons. The number of nitrogens with zero attached hydrogens (tertiary/aromatic N) is 2. The lowest BCUT2D eigenvalue weighted by Crippen LogP contribution is -1.93. The second-order valence-electron chi connectivity index (χ2n) is 5.27. The second-order valence-corrected chi connectivity index (χ2v) is 5.27. The first-order chi connectivity index (χ1) is 12.3. The summed E-state index contributed by atoms with van der Waals surface area (Å²) in [6.45, 7) is 0. The Hall–Kier alpha value is -3.54. The van der Waals surface area contributed by atoms with E-state index in [1.54, 1.807) is 19.5 Å². The molecule has 0 bridgehead atoms. The Bertz CT molecular complexity index is 963. The summed E-state index contributed by atoms with van der Waals surface area (Å²) in [6.07, 6.45) is 4.81. The van der Waals surface area contributed by atoms with Crippen LogP contribution in [0.25, 0.3) is 22.8 Å². The zero-order chi connectivity index (χ0) is 17.1. The van der Waals surface area contributed by atoms with E-state index < -0.39 is 0 Å². The van der Waals surface area contributed by atoms with Crippen molar-refractivity contribution in [2.75, 3.05) is 12.4 Å². The van der Waals surface area contributed by atoms with E-state index in [1.807, 2.05) is 48.5 Å². The minimum Gasteiger partial charge on any atom is -0.496 e. The van der Waals surface area contributed by atoms with Crippen LogP contribution in [-0.4, -0.2) is 17.1 Å². The molecule has 2 aromatic heterocycles. The fourth-order valence-electron chi connectivity index (χ4n) is 2.49. The maximum atomic E-state index is 5.76. The molecular formula is C19H15N3O3. The van der Waals surface area contributed by atoms with Gasteiger partial charge >= 0.3 is 0 Å². The summed E-state index contributed by atoms with van der Waals surface area (Å²) in [4.78, 5) is 8.41. The van der Waals surface area contributed by atoms with E-state index in [4.69, 9.17) is 13.6 Å². The first kappa shape index (κ1) is 15.0. The Morgan fingerprint density at radius 3 is 2.68 bits per heavy atom. The fourth-order valence-corrected chi connectivity index (χ4v) is 2.49. The number of hydrogen-bond acceptors (Lipinski definition) is 6. The first-order valence-electron chi connectivity index (χ1n) is 7.69. The number of oxazole rings is 2. The highest BCUT2D eigenvalue weighted by atomic mass is 16.5. The Balaban J connectivity index is 1.58. The molecule has 0 fully saturated rings. The topological polar surface area (TPSA) is 73.3 Å². The van der Waals surface area contributed by atoms with Crippen LogP contribution < -0.4 is 10.1 Å². The fraction of sp³-hybridized carbons (Fsp3) is 0.0526. The third-order valence-corrected chi connectivity index (χ3v) is 3.68. The molecule has 6 nitrogen and oxygen atoms in total. The number of hydrogen-bond donors (Lipinski definition) is 1. The van der Waals surface area contributed by atoms with Gasteiger partial charge in [-0.05, 0) is 12.1 Å². The lowest BCUT2D eigenvalue weighted by atomic mass is 10.2. The van der Waals surface area contributed by atoms with Crippen LogP contribution in [0, 0.1) is 0 Å². The van der Waals surface area contributed by atoms with Gasteiger partial charge in [0.2, 0.25) is 5.89 Å². The minimum atomic E-state index is 0.407. The molecule has 0 unspecified atom stereocenters. The van der Waals surface area contributed by atoms with Crippen LogP contribution in [0.2, 0.25) is 0 Å². The predicted molar refractivity (Wildman–Crippen MR) is 93.7 cm³/mol. The Morgan fingerprint density at radius 2 is 1.92 bits per heavy atom. The molecule has 0 radical (unpaired) electrons. The summed E-state index contributed by atoms with van der Waals surface area (Å²) in [5, 5.41) is 3.13. The lowest BCUT2D eigenvalue weighted by molar-refractivity contribution is 0.414. The standard InChI is InChI=1S/C19H15N3O3/c1-23-16-11-14(7-8-15(16)18-20-9-10-24-18)22-19-21-12-17(25-19)13-5-3-2-4-6-13/h2-12H,1H3,(H,21,22). The molecule has 0 aliphatic carbocycles. The van der Waals surface area contributed by atoms with Crippen LogP contribution in [-0.2, 0) is 0 Å². The van der Waals surface area contributed by atoms with Gasteiger partial charge in [-0.1, -0.05) is 30.3 Å². The van der Waals surface area contributed by atoms with Crippen LogP contribution >= 0.6 is 0 Å². The maximum absolute atomic E-state index is 5.76. The molecule has 4 aromatic rings. The summed E-state index contributed by atoms with van der Waals surface area (Å²) in [6, 6.07) is 15.8. The van der Waals surface area contributed by atoms with Crippen LogP contribution in [0.5, 0.6) is 5.75 Å². The van der Waals surface area contributed by atoms with Crippen molar-refractivity contribution in [3.8, 4) is 28.5 Å². The van der Waals surface area contributed by atoms with Gasteiger partial charge in [-0.25, -0.2) is 9.97 Å². The van der Waals surface area contributed by atoms with Gasteiger partial charge in [-0.15, -0.1) is 0 Å². The monoisotopic (exact) mass is 333 g/mol. The number of methoxy groups -OCH3 is 1. The van der Waals surface area contributed by atoms with Crippen molar-refractivity contribution in [3.63, 3.8) is 0 Å². The molecule has 2 aromatic carbocycles. The molecule has 1 N–H and O–H groups in total. The summed E-state index contributed by atoms with van der Waals surface area (Å²) < 4.78 is 16.5. The minimum absolute atomic E-state index is 0.407. The molecule has 0 atom stereocenters. The van der Waals surface area contributed by atoms with Gasteiger partial charge in [-0.3, -0.25) is 0 Å². The van der Waals surface area contributed by atoms with Crippen molar-refractivity contribution < 1.29 is 13.6 Å². The number of ether oxygens (including phenoxy) is 1. The average molecular weight is 333 g/mol. The van der Waals surface area contributed by atoms with Gasteiger partial charge in [0.05, 0.1) is 25.1 Å². The van der Waals surface area contributed by atoms with Crippen molar-refractivity contribution >= 4 is 11.7 Å². The van der Waals surface area contributed by atoms with E-state index in [1.165, 1.54) is 6.26 Å². The van der Waals surface area contributed by atoms with Crippen molar-refractivity contribution in [1.29, 1.82) is 0 Å². The van der Waals surface area contributed by atoms with E-state index >= 15 is 0 Å². The second kappa shape index (κ2) is 6.52. The van der Waals surface area contributed by atoms with Crippen LogP contribution in [0.15, 0.2) is 76.0 Å². The van der Waals surface area contributed by atoms with E-state index in [0.717, 1.165) is 16.8 Å². The maximum Gasteiger partial charge on any atom is 0.299 e. The predicted octanol–water partition coefficient (Wildman–Crippen LogP) is 4.75. The third kappa shape index (κ3) is 3.10. The number of nitrogens with one attached hydrogen (secondary N) is 1. The highest BCUT2D eigenvalue weighted by molar-refractivity contribution is 5.69. The van der Waals surface area contributed by atoms with Gasteiger partial charge in [0.15, 0.2) is 5.76 Å². The molecule has 6 heteroatoms. The van der Waals surface area contributed by atoms with E-state index in [2.05, 4.69) is 15.3 Å². The van der Waals surface area contributed by atoms with Crippen molar-refractivity contribution in [1.82, 2.24) is 9.97 Å². The van der Waals surface area contributed by atoms with Gasteiger partial charge in [0.25, 0.3) is 6.01 Å². The van der Waals surface area contributed by atoms with Gasteiger partial charge in [0, 0.05) is 17.3 Å². The number of rotatable bonds is 5. The van der Waals surface area contributed by atoms with Crippen LogP contribution in [0.3, 0.4) is 0 Å². The van der Waals surface area contributed by atoms with Crippen molar-refractivity contribution in [3.05, 3.63) is 67.2 Å². The van der Waals surface area contributed by atoms with Crippen LogP contribution in [0.4, 0.5) is 11.7 Å². The molecular weight excluding hydrogens is 318 g/mol. The smallest absolute Gasteiger partial charge is 0.299 e. The zero-order valence-electron chi connectivity index (χ0n) is 13.5. The molecule has 0 aliphatic rings. The third-order valence-electron chi connectivity index (χ3n) is 3.68. The van der Waals surface area contributed by atoms with Crippen LogP contribution in [0.1, 0.15) is 0 Å². The van der Waals surface area contributed by atoms with Crippen molar-refractivity contribution in [2.24, 2.45) is 0 Å². The van der Waals surface area contributed by atoms with Gasteiger partial charge in [0.1, 0.15) is 12.0 Å². The van der Waals surface area contributed by atoms with Gasteiger partial charge in [-0.2, -0.15) is 0 Å². The first-order valence-corrected chi connectivity index (χ1v) is 7.69. The quantitative estimate of drug-likeness (QED) is 0.568. The Kier molecular flexibility index (Phi) is 3.92. The molecule has 0 saturated carbocycles. The SMILES string of the molecule is COc1cc(Nc2ncc(-c3ccccc3)o2)ccc1-c1ncco1. The van der Waals surface area contributed by atoms with E-state index in [0.29, 0.717) is 23.4 Å². The summed E-state index contributed by atoms with van der Waals surface area (Å²) in [7, 11) is 1.60. The normalized spacial score (nSPS) is 10.6. The molecule has 4 rings (SSSR count). The summed E-state index contributed by atoms with van der Waals surface area (Å²) in [5.74, 6) is 1.85. The summed E-state index contributed by atoms with van der Waals surface area (Å²) in [5.41, 5.74) is 2.53. The largest absolute Gasteiger partial charge is 0.496 e. The van der Waals surface area contributed by atoms with E-state index in [9.17, 15) is 0 Å². The van der Waals surface area contributed by atoms with E-state index in [-0.39, 0.29) is 0 Å². The molecule has 0 amide bonds. The number of benzene rings is 2. The molecule has 0 spiro atoms. The highest BCUT2D eigenvalue weighted by Crippen LogP contribution is 2.33. The van der Waals surface area contributed by atoms with Crippen molar-refractivity contribution in [2.45, 2.75) is 0 Å². The van der Waals surface area contributed by atoms with Gasteiger partial charge < -0.3 is 18.9 Å².